The van der Waals surface area contributed by atoms with Crippen LogP contribution >= 0.6 is 0 Å². The monoisotopic (exact) mass is 491 g/mol. The van der Waals surface area contributed by atoms with E-state index in [1.165, 1.54) is 0 Å². The van der Waals surface area contributed by atoms with Crippen LogP contribution in [0.4, 0.5) is 23.1 Å². The van der Waals surface area contributed by atoms with E-state index >= 15 is 0 Å². The Morgan fingerprint density at radius 3 is 2.26 bits per heavy atom. The lowest BCUT2D eigenvalue weighted by Crippen LogP contribution is -2.40. The van der Waals surface area contributed by atoms with Crippen molar-refractivity contribution in [3.05, 3.63) is 72.2 Å². The minimum absolute atomic E-state index is 0.221. The van der Waals surface area contributed by atoms with Crippen LogP contribution in [-0.2, 0) is 10.0 Å². The van der Waals surface area contributed by atoms with Crippen LogP contribution in [0.3, 0.4) is 0 Å². The van der Waals surface area contributed by atoms with Crippen molar-refractivity contribution in [2.75, 3.05) is 10.6 Å². The number of anilines is 4. The number of aromatic amines is 1. The van der Waals surface area contributed by atoms with Crippen LogP contribution in [0.2, 0.25) is 0 Å². The Bertz CT molecular complexity index is 1430. The second kappa shape index (κ2) is 9.47. The molecule has 0 amide bonds. The van der Waals surface area contributed by atoms with E-state index in [1.807, 2.05) is 58.0 Å². The summed E-state index contributed by atoms with van der Waals surface area (Å²) in [7, 11) is -3.68. The molecular weight excluding hydrogens is 462 g/mol. The lowest BCUT2D eigenvalue weighted by Gasteiger charge is -2.21. The minimum atomic E-state index is -3.68. The molecule has 2 heterocycles. The molecule has 2 aromatic heterocycles. The zero-order valence-electron chi connectivity index (χ0n) is 20.3. The molecule has 35 heavy (non-hydrogen) atoms. The highest BCUT2D eigenvalue weighted by atomic mass is 32.2. The first-order chi connectivity index (χ1) is 16.5. The van der Waals surface area contributed by atoms with Gasteiger partial charge in [-0.05, 0) is 76.6 Å². The average Bonchev–Trinajstić information content (AvgIpc) is 3.31. The van der Waals surface area contributed by atoms with Gasteiger partial charge in [0.2, 0.25) is 16.0 Å². The van der Waals surface area contributed by atoms with Crippen LogP contribution in [0.15, 0.2) is 66.0 Å². The molecule has 9 nitrogen and oxygen atoms in total. The molecule has 0 atom stereocenters. The van der Waals surface area contributed by atoms with Crippen molar-refractivity contribution >= 4 is 33.2 Å². The van der Waals surface area contributed by atoms with Crippen LogP contribution in [0.25, 0.3) is 11.4 Å². The number of imidazole rings is 1. The molecular formula is C25H29N7O2S. The van der Waals surface area contributed by atoms with Crippen molar-refractivity contribution in [2.24, 2.45) is 0 Å². The van der Waals surface area contributed by atoms with Gasteiger partial charge in [-0.1, -0.05) is 6.07 Å². The van der Waals surface area contributed by atoms with Gasteiger partial charge in [0.1, 0.15) is 11.6 Å². The lowest BCUT2D eigenvalue weighted by atomic mass is 10.1. The molecule has 4 N–H and O–H groups in total. The average molecular weight is 492 g/mol. The Kier molecular flexibility index (Phi) is 6.60. The number of H-pyrrole nitrogens is 1. The molecule has 0 aliphatic heterocycles. The zero-order valence-corrected chi connectivity index (χ0v) is 21.2. The molecule has 2 aromatic carbocycles. The molecule has 0 aliphatic carbocycles. The van der Waals surface area contributed by atoms with E-state index in [0.717, 1.165) is 22.6 Å². The fourth-order valence-corrected chi connectivity index (χ4v) is 5.14. The SMILES string of the molecule is Cc1ccc(Nc2nc(Nc3ccc(-c4ncc[nH]4)cc3)ncc2C)cc1S(=O)(=O)NC(C)(C)C. The maximum absolute atomic E-state index is 12.9. The largest absolute Gasteiger partial charge is 0.345 e. The van der Waals surface area contributed by atoms with Gasteiger partial charge in [-0.15, -0.1) is 0 Å². The smallest absolute Gasteiger partial charge is 0.241 e. The van der Waals surface area contributed by atoms with Crippen LogP contribution in [0, 0.1) is 13.8 Å². The Labute approximate surface area is 205 Å². The van der Waals surface area contributed by atoms with E-state index < -0.39 is 15.6 Å². The van der Waals surface area contributed by atoms with Gasteiger partial charge in [0.25, 0.3) is 0 Å². The number of nitrogens with one attached hydrogen (secondary N) is 4. The number of aromatic nitrogens is 4. The summed E-state index contributed by atoms with van der Waals surface area (Å²) < 4.78 is 28.5. The van der Waals surface area contributed by atoms with E-state index in [0.29, 0.717) is 23.0 Å². The van der Waals surface area contributed by atoms with E-state index in [9.17, 15) is 8.42 Å². The third-order valence-corrected chi connectivity index (χ3v) is 6.97. The molecule has 0 saturated heterocycles. The van der Waals surface area contributed by atoms with Gasteiger partial charge in [-0.3, -0.25) is 0 Å². The first kappa shape index (κ1) is 24.4. The van der Waals surface area contributed by atoms with E-state index in [1.54, 1.807) is 37.6 Å². The standard InChI is InChI=1S/C25H29N7O2S/c1-16-6-9-20(14-21(16)35(33,34)32-25(3,4)5)29-22-17(2)15-28-24(31-22)30-19-10-7-18(8-11-19)23-26-12-13-27-23/h6-15,32H,1-5H3,(H,26,27)(H2,28,29,30,31). The second-order valence-corrected chi connectivity index (χ2v) is 11.0. The Balaban J connectivity index is 1.55. The predicted molar refractivity (Wildman–Crippen MR) is 139 cm³/mol. The lowest BCUT2D eigenvalue weighted by molar-refractivity contribution is 0.491. The molecule has 0 saturated carbocycles. The van der Waals surface area contributed by atoms with Crippen LogP contribution in [0.5, 0.6) is 0 Å². The summed E-state index contributed by atoms with van der Waals surface area (Å²) in [4.78, 5) is 16.5. The number of aryl methyl sites for hydroxylation is 2. The molecule has 182 valence electrons. The Morgan fingerprint density at radius 1 is 0.886 bits per heavy atom. The number of nitrogens with zero attached hydrogens (tertiary/aromatic N) is 3. The van der Waals surface area contributed by atoms with Gasteiger partial charge in [0.15, 0.2) is 0 Å². The van der Waals surface area contributed by atoms with Crippen LogP contribution in [0.1, 0.15) is 31.9 Å². The van der Waals surface area contributed by atoms with Crippen molar-refractivity contribution in [3.8, 4) is 11.4 Å². The van der Waals surface area contributed by atoms with E-state index in [2.05, 4.69) is 35.3 Å². The van der Waals surface area contributed by atoms with Crippen molar-refractivity contribution in [1.29, 1.82) is 0 Å². The topological polar surface area (TPSA) is 125 Å². The molecule has 0 bridgehead atoms. The number of hydrogen-bond donors (Lipinski definition) is 4. The first-order valence-corrected chi connectivity index (χ1v) is 12.6. The number of sulfonamides is 1. The predicted octanol–water partition coefficient (Wildman–Crippen LogP) is 5.05. The van der Waals surface area contributed by atoms with Crippen molar-refractivity contribution in [1.82, 2.24) is 24.7 Å². The molecule has 0 fully saturated rings. The summed E-state index contributed by atoms with van der Waals surface area (Å²) in [6.07, 6.45) is 5.20. The van der Waals surface area contributed by atoms with E-state index in [4.69, 9.17) is 0 Å². The van der Waals surface area contributed by atoms with Gasteiger partial charge in [-0.2, -0.15) is 4.98 Å². The molecule has 0 spiro atoms. The van der Waals surface area contributed by atoms with Crippen molar-refractivity contribution in [3.63, 3.8) is 0 Å². The summed E-state index contributed by atoms with van der Waals surface area (Å²) in [5.74, 6) is 1.79. The minimum Gasteiger partial charge on any atom is -0.345 e. The number of hydrogen-bond acceptors (Lipinski definition) is 7. The molecule has 10 heteroatoms. The summed E-state index contributed by atoms with van der Waals surface area (Å²) in [6, 6.07) is 13.0. The Morgan fingerprint density at radius 2 is 1.60 bits per heavy atom. The normalized spacial score (nSPS) is 11.9. The summed E-state index contributed by atoms with van der Waals surface area (Å²) in [5.41, 5.74) is 3.30. The van der Waals surface area contributed by atoms with Gasteiger partial charge in [0, 0.05) is 46.6 Å². The maximum atomic E-state index is 12.9. The van der Waals surface area contributed by atoms with Crippen molar-refractivity contribution in [2.45, 2.75) is 45.1 Å². The van der Waals surface area contributed by atoms with Gasteiger partial charge < -0.3 is 15.6 Å². The number of benzene rings is 2. The third-order valence-electron chi connectivity index (χ3n) is 5.07. The first-order valence-electron chi connectivity index (χ1n) is 11.1. The maximum Gasteiger partial charge on any atom is 0.241 e. The third kappa shape index (κ3) is 6.03. The second-order valence-electron chi connectivity index (χ2n) is 9.33. The fourth-order valence-electron chi connectivity index (χ4n) is 3.45. The van der Waals surface area contributed by atoms with Gasteiger partial charge in [0.05, 0.1) is 4.90 Å². The molecule has 4 aromatic rings. The van der Waals surface area contributed by atoms with Crippen LogP contribution < -0.4 is 15.4 Å². The number of rotatable bonds is 7. The van der Waals surface area contributed by atoms with E-state index in [-0.39, 0.29) is 4.90 Å². The van der Waals surface area contributed by atoms with Crippen molar-refractivity contribution < 1.29 is 8.42 Å². The Hall–Kier alpha value is -3.76. The molecule has 4 rings (SSSR count). The molecule has 0 radical (unpaired) electrons. The van der Waals surface area contributed by atoms with Gasteiger partial charge in [-0.25, -0.2) is 23.1 Å². The summed E-state index contributed by atoms with van der Waals surface area (Å²) in [5, 5.41) is 6.43. The summed E-state index contributed by atoms with van der Waals surface area (Å²) >= 11 is 0. The van der Waals surface area contributed by atoms with Gasteiger partial charge >= 0.3 is 0 Å². The highest BCUT2D eigenvalue weighted by Gasteiger charge is 2.24. The zero-order chi connectivity index (χ0) is 25.2. The summed E-state index contributed by atoms with van der Waals surface area (Å²) in [6.45, 7) is 9.09. The quantitative estimate of drug-likeness (QED) is 0.285. The fraction of sp³-hybridized carbons (Fsp3) is 0.240. The molecule has 0 unspecified atom stereocenters. The highest BCUT2D eigenvalue weighted by molar-refractivity contribution is 7.89. The molecule has 0 aliphatic rings. The van der Waals surface area contributed by atoms with Crippen LogP contribution in [-0.4, -0.2) is 33.9 Å². The highest BCUT2D eigenvalue weighted by Crippen LogP contribution is 2.26.